The maximum Gasteiger partial charge on any atom is 0.317 e. The minimum atomic E-state index is -0.486. The molecule has 0 aromatic heterocycles. The SMILES string of the molecule is CC1CCC(NC(=O)N(C)CC(O)CN2CCN(C)CC2)CC1. The lowest BCUT2D eigenvalue weighted by Gasteiger charge is -2.34. The van der Waals surface area contributed by atoms with E-state index in [1.54, 1.807) is 11.9 Å². The molecule has 1 saturated carbocycles. The number of aliphatic hydroxyl groups is 1. The smallest absolute Gasteiger partial charge is 0.317 e. The molecule has 1 aliphatic heterocycles. The first-order chi connectivity index (χ1) is 10.9. The maximum atomic E-state index is 12.2. The fourth-order valence-corrected chi connectivity index (χ4v) is 3.47. The van der Waals surface area contributed by atoms with E-state index < -0.39 is 6.10 Å². The molecule has 2 rings (SSSR count). The zero-order valence-corrected chi connectivity index (χ0v) is 15.0. The fourth-order valence-electron chi connectivity index (χ4n) is 3.47. The molecule has 0 spiro atoms. The maximum absolute atomic E-state index is 12.2. The quantitative estimate of drug-likeness (QED) is 0.785. The minimum absolute atomic E-state index is 0.0537. The highest BCUT2D eigenvalue weighted by atomic mass is 16.3. The van der Waals surface area contributed by atoms with Crippen molar-refractivity contribution in [3.8, 4) is 0 Å². The number of urea groups is 1. The van der Waals surface area contributed by atoms with Crippen molar-refractivity contribution in [1.29, 1.82) is 0 Å². The molecule has 1 saturated heterocycles. The second-order valence-electron chi connectivity index (χ2n) is 7.54. The Hall–Kier alpha value is -0.850. The van der Waals surface area contributed by atoms with E-state index in [0.717, 1.165) is 44.9 Å². The molecule has 1 heterocycles. The average Bonchev–Trinajstić information content (AvgIpc) is 2.51. The van der Waals surface area contributed by atoms with Crippen LogP contribution in [-0.4, -0.2) is 91.3 Å². The van der Waals surface area contributed by atoms with Crippen molar-refractivity contribution in [3.05, 3.63) is 0 Å². The Kier molecular flexibility index (Phi) is 7.11. The van der Waals surface area contributed by atoms with E-state index in [2.05, 4.69) is 29.1 Å². The molecule has 2 fully saturated rings. The molecule has 6 heteroatoms. The Bertz CT molecular complexity index is 364. The summed E-state index contributed by atoms with van der Waals surface area (Å²) in [7, 11) is 3.89. The summed E-state index contributed by atoms with van der Waals surface area (Å²) < 4.78 is 0. The van der Waals surface area contributed by atoms with Gasteiger partial charge in [0.15, 0.2) is 0 Å². The van der Waals surface area contributed by atoms with Gasteiger partial charge in [-0.2, -0.15) is 0 Å². The van der Waals surface area contributed by atoms with Gasteiger partial charge >= 0.3 is 6.03 Å². The summed E-state index contributed by atoms with van der Waals surface area (Å²) in [5, 5.41) is 13.4. The topological polar surface area (TPSA) is 59.1 Å². The average molecular weight is 326 g/mol. The predicted octanol–water partition coefficient (Wildman–Crippen LogP) is 0.815. The molecule has 2 aliphatic rings. The number of piperazine rings is 1. The first-order valence-corrected chi connectivity index (χ1v) is 9.04. The number of nitrogens with zero attached hydrogens (tertiary/aromatic N) is 3. The van der Waals surface area contributed by atoms with E-state index in [1.165, 1.54) is 12.8 Å². The van der Waals surface area contributed by atoms with Crippen molar-refractivity contribution < 1.29 is 9.90 Å². The van der Waals surface area contributed by atoms with Gasteiger partial charge in [-0.15, -0.1) is 0 Å². The first-order valence-electron chi connectivity index (χ1n) is 9.04. The van der Waals surface area contributed by atoms with E-state index in [9.17, 15) is 9.90 Å². The van der Waals surface area contributed by atoms with Crippen LogP contribution in [-0.2, 0) is 0 Å². The van der Waals surface area contributed by atoms with Gasteiger partial charge in [-0.05, 0) is 38.6 Å². The van der Waals surface area contributed by atoms with Crippen LogP contribution in [0.4, 0.5) is 4.79 Å². The van der Waals surface area contributed by atoms with Gasteiger partial charge in [0, 0.05) is 52.4 Å². The van der Waals surface area contributed by atoms with E-state index in [-0.39, 0.29) is 6.03 Å². The lowest BCUT2D eigenvalue weighted by molar-refractivity contribution is 0.0653. The van der Waals surface area contributed by atoms with Crippen molar-refractivity contribution in [2.45, 2.75) is 44.8 Å². The van der Waals surface area contributed by atoms with Crippen molar-refractivity contribution in [1.82, 2.24) is 20.0 Å². The summed E-state index contributed by atoms with van der Waals surface area (Å²) in [5.41, 5.74) is 0. The van der Waals surface area contributed by atoms with Gasteiger partial charge < -0.3 is 20.2 Å². The molecular formula is C17H34N4O2. The van der Waals surface area contributed by atoms with Crippen LogP contribution in [0.1, 0.15) is 32.6 Å². The third kappa shape index (κ3) is 6.28. The molecule has 2 amide bonds. The number of hydrogen-bond acceptors (Lipinski definition) is 4. The zero-order valence-electron chi connectivity index (χ0n) is 15.0. The molecule has 0 bridgehead atoms. The molecule has 1 unspecified atom stereocenters. The summed E-state index contributed by atoms with van der Waals surface area (Å²) in [6, 6.07) is 0.248. The van der Waals surface area contributed by atoms with Gasteiger partial charge in [0.25, 0.3) is 0 Å². The Morgan fingerprint density at radius 2 is 1.83 bits per heavy atom. The number of nitrogens with one attached hydrogen (secondary N) is 1. The monoisotopic (exact) mass is 326 g/mol. The van der Waals surface area contributed by atoms with E-state index in [1.807, 2.05) is 0 Å². The molecule has 1 atom stereocenters. The Labute approximate surface area is 140 Å². The molecule has 2 N–H and O–H groups in total. The van der Waals surface area contributed by atoms with Crippen LogP contribution in [0.15, 0.2) is 0 Å². The summed E-state index contributed by atoms with van der Waals surface area (Å²) in [6.07, 6.45) is 4.05. The first kappa shape index (κ1) is 18.5. The van der Waals surface area contributed by atoms with Gasteiger partial charge in [-0.25, -0.2) is 4.79 Å². The zero-order chi connectivity index (χ0) is 16.8. The lowest BCUT2D eigenvalue weighted by Crippen LogP contribution is -2.50. The van der Waals surface area contributed by atoms with Crippen molar-refractivity contribution >= 4 is 6.03 Å². The second-order valence-corrected chi connectivity index (χ2v) is 7.54. The standard InChI is InChI=1S/C17H34N4O2/c1-14-4-6-15(7-5-14)18-17(23)20(3)12-16(22)13-21-10-8-19(2)9-11-21/h14-16,22H,4-13H2,1-3H3,(H,18,23). The van der Waals surface area contributed by atoms with E-state index in [0.29, 0.717) is 19.1 Å². The van der Waals surface area contributed by atoms with Crippen LogP contribution in [0.2, 0.25) is 0 Å². The lowest BCUT2D eigenvalue weighted by atomic mass is 9.87. The molecule has 6 nitrogen and oxygen atoms in total. The Balaban J connectivity index is 1.66. The fraction of sp³-hybridized carbons (Fsp3) is 0.941. The van der Waals surface area contributed by atoms with E-state index in [4.69, 9.17) is 0 Å². The van der Waals surface area contributed by atoms with Gasteiger partial charge in [-0.1, -0.05) is 6.92 Å². The summed E-state index contributed by atoms with van der Waals surface area (Å²) in [6.45, 7) is 7.38. The van der Waals surface area contributed by atoms with E-state index >= 15 is 0 Å². The highest BCUT2D eigenvalue weighted by Gasteiger charge is 2.23. The molecule has 1 aliphatic carbocycles. The highest BCUT2D eigenvalue weighted by molar-refractivity contribution is 5.74. The molecule has 23 heavy (non-hydrogen) atoms. The highest BCUT2D eigenvalue weighted by Crippen LogP contribution is 2.23. The minimum Gasteiger partial charge on any atom is -0.390 e. The molecule has 0 aromatic rings. The van der Waals surface area contributed by atoms with Gasteiger partial charge in [0.05, 0.1) is 6.10 Å². The van der Waals surface area contributed by atoms with Gasteiger partial charge in [0.1, 0.15) is 0 Å². The Morgan fingerprint density at radius 3 is 2.43 bits per heavy atom. The number of likely N-dealkylation sites (N-methyl/N-ethyl adjacent to an activating group) is 2. The number of rotatable bonds is 5. The molecular weight excluding hydrogens is 292 g/mol. The van der Waals surface area contributed by atoms with Crippen molar-refractivity contribution in [2.24, 2.45) is 5.92 Å². The van der Waals surface area contributed by atoms with Crippen molar-refractivity contribution in [3.63, 3.8) is 0 Å². The number of carbonyl (C=O) groups is 1. The predicted molar refractivity (Wildman–Crippen MR) is 92.5 cm³/mol. The largest absolute Gasteiger partial charge is 0.390 e. The van der Waals surface area contributed by atoms with Crippen LogP contribution in [0.5, 0.6) is 0 Å². The van der Waals surface area contributed by atoms with Crippen LogP contribution in [0.25, 0.3) is 0 Å². The molecule has 134 valence electrons. The third-order valence-corrected chi connectivity index (χ3v) is 5.24. The van der Waals surface area contributed by atoms with Gasteiger partial charge in [0.2, 0.25) is 0 Å². The summed E-state index contributed by atoms with van der Waals surface area (Å²) in [5.74, 6) is 0.784. The molecule has 0 radical (unpaired) electrons. The number of amides is 2. The van der Waals surface area contributed by atoms with Crippen LogP contribution >= 0.6 is 0 Å². The number of aliphatic hydroxyl groups excluding tert-OH is 1. The Morgan fingerprint density at radius 1 is 1.22 bits per heavy atom. The van der Waals surface area contributed by atoms with Crippen LogP contribution in [0.3, 0.4) is 0 Å². The van der Waals surface area contributed by atoms with Crippen LogP contribution < -0.4 is 5.32 Å². The summed E-state index contributed by atoms with van der Waals surface area (Å²) in [4.78, 5) is 18.4. The molecule has 0 aromatic carbocycles. The third-order valence-electron chi connectivity index (χ3n) is 5.24. The second kappa shape index (κ2) is 8.85. The van der Waals surface area contributed by atoms with Crippen LogP contribution in [0, 0.1) is 5.92 Å². The number of β-amino-alcohol motifs (C(OH)–C–C–N with tert-alkyl or cyclic N) is 1. The summed E-state index contributed by atoms with van der Waals surface area (Å²) >= 11 is 0. The number of carbonyl (C=O) groups excluding carboxylic acids is 1. The van der Waals surface area contributed by atoms with Crippen molar-refractivity contribution in [2.75, 3.05) is 53.4 Å². The number of hydrogen-bond donors (Lipinski definition) is 2. The van der Waals surface area contributed by atoms with Gasteiger partial charge in [-0.3, -0.25) is 4.90 Å². The normalized spacial score (nSPS) is 28.3.